The van der Waals surface area contributed by atoms with Crippen molar-refractivity contribution in [2.75, 3.05) is 26.7 Å². The first kappa shape index (κ1) is 21.3. The maximum atomic E-state index is 12.8. The van der Waals surface area contributed by atoms with Gasteiger partial charge in [-0.1, -0.05) is 29.8 Å². The van der Waals surface area contributed by atoms with E-state index in [1.165, 1.54) is 11.1 Å². The molecule has 0 radical (unpaired) electrons. The second kappa shape index (κ2) is 7.92. The second-order valence-electron chi connectivity index (χ2n) is 10.4. The molecule has 1 N–H and O–H groups in total. The standard InChI is InChI=1S/C27H31ClN2O3/c1-33-20-3-5-21(23(28)15-20)18-2-4-22-19(14-18)6-9-27(10-11-27)25(22)30(26(31)32)24-16-29-12-7-17(24)8-13-29/h2-5,14-15,17,24-25H,6-13,16H2,1H3,(H,31,32)/t24-,25?/m1/s1. The van der Waals surface area contributed by atoms with Crippen LogP contribution in [0.3, 0.4) is 0 Å². The molecule has 3 saturated heterocycles. The Balaban J connectivity index is 1.39. The van der Waals surface area contributed by atoms with Crippen LogP contribution in [0.4, 0.5) is 4.79 Å². The van der Waals surface area contributed by atoms with Crippen molar-refractivity contribution in [1.82, 2.24) is 9.80 Å². The van der Waals surface area contributed by atoms with Gasteiger partial charge in [0.05, 0.1) is 24.2 Å². The van der Waals surface area contributed by atoms with Gasteiger partial charge in [-0.25, -0.2) is 4.79 Å². The van der Waals surface area contributed by atoms with Gasteiger partial charge in [0.25, 0.3) is 0 Å². The highest BCUT2D eigenvalue weighted by atomic mass is 35.5. The van der Waals surface area contributed by atoms with Gasteiger partial charge in [0.1, 0.15) is 5.75 Å². The van der Waals surface area contributed by atoms with E-state index < -0.39 is 6.09 Å². The van der Waals surface area contributed by atoms with Crippen LogP contribution < -0.4 is 4.74 Å². The molecule has 1 saturated carbocycles. The van der Waals surface area contributed by atoms with Gasteiger partial charge in [0, 0.05) is 12.1 Å². The summed E-state index contributed by atoms with van der Waals surface area (Å²) < 4.78 is 5.30. The number of fused-ring (bicyclic) bond motifs is 4. The van der Waals surface area contributed by atoms with Crippen LogP contribution in [0.1, 0.15) is 49.3 Å². The molecule has 5 nitrogen and oxygen atoms in total. The molecule has 33 heavy (non-hydrogen) atoms. The van der Waals surface area contributed by atoms with Crippen LogP contribution in [-0.4, -0.2) is 53.8 Å². The van der Waals surface area contributed by atoms with E-state index in [4.69, 9.17) is 16.3 Å². The summed E-state index contributed by atoms with van der Waals surface area (Å²) in [6.07, 6.45) is 5.82. The number of carboxylic acid groups (broad SMARTS) is 1. The van der Waals surface area contributed by atoms with E-state index in [0.717, 1.165) is 75.0 Å². The van der Waals surface area contributed by atoms with E-state index in [-0.39, 0.29) is 17.5 Å². The molecule has 5 aliphatic rings. The highest BCUT2D eigenvalue weighted by Gasteiger charge is 2.57. The third-order valence-corrected chi connectivity index (χ3v) is 9.08. The average molecular weight is 467 g/mol. The Morgan fingerprint density at radius 3 is 2.55 bits per heavy atom. The van der Waals surface area contributed by atoms with Gasteiger partial charge in [-0.2, -0.15) is 0 Å². The number of hydrogen-bond donors (Lipinski definition) is 1. The number of benzene rings is 2. The van der Waals surface area contributed by atoms with Crippen molar-refractivity contribution in [3.63, 3.8) is 0 Å². The molecule has 1 unspecified atom stereocenters. The summed E-state index contributed by atoms with van der Waals surface area (Å²) in [5, 5.41) is 11.2. The van der Waals surface area contributed by atoms with Crippen LogP contribution in [-0.2, 0) is 6.42 Å². The third kappa shape index (κ3) is 3.52. The minimum absolute atomic E-state index is 0.0373. The lowest BCUT2D eigenvalue weighted by molar-refractivity contribution is -0.0243. The van der Waals surface area contributed by atoms with Crippen molar-refractivity contribution in [2.24, 2.45) is 11.3 Å². The minimum atomic E-state index is -0.750. The zero-order chi connectivity index (χ0) is 22.7. The number of piperidine rings is 3. The van der Waals surface area contributed by atoms with Crippen LogP contribution in [0.25, 0.3) is 11.1 Å². The summed E-state index contributed by atoms with van der Waals surface area (Å²) in [7, 11) is 1.64. The van der Waals surface area contributed by atoms with E-state index in [0.29, 0.717) is 10.9 Å². The van der Waals surface area contributed by atoms with Crippen molar-refractivity contribution in [3.05, 3.63) is 52.5 Å². The molecule has 7 rings (SSSR count). The van der Waals surface area contributed by atoms with Crippen molar-refractivity contribution >= 4 is 17.7 Å². The Kier molecular flexibility index (Phi) is 5.11. The quantitative estimate of drug-likeness (QED) is 0.613. The number of rotatable bonds is 4. The van der Waals surface area contributed by atoms with Crippen LogP contribution >= 0.6 is 11.6 Å². The van der Waals surface area contributed by atoms with E-state index in [1.807, 2.05) is 23.1 Å². The fourth-order valence-electron chi connectivity index (χ4n) is 6.79. The van der Waals surface area contributed by atoms with Gasteiger partial charge < -0.3 is 14.7 Å². The summed E-state index contributed by atoms with van der Waals surface area (Å²) in [6.45, 7) is 3.12. The lowest BCUT2D eigenvalue weighted by Crippen LogP contribution is -2.60. The summed E-state index contributed by atoms with van der Waals surface area (Å²) in [5.74, 6) is 1.23. The molecule has 1 amide bonds. The maximum absolute atomic E-state index is 12.8. The fraction of sp³-hybridized carbons (Fsp3) is 0.519. The zero-order valence-corrected chi connectivity index (χ0v) is 19.9. The number of halogens is 1. The van der Waals surface area contributed by atoms with Gasteiger partial charge in [-0.3, -0.25) is 4.90 Å². The van der Waals surface area contributed by atoms with Crippen molar-refractivity contribution in [1.29, 1.82) is 0 Å². The van der Waals surface area contributed by atoms with E-state index >= 15 is 0 Å². The highest BCUT2D eigenvalue weighted by molar-refractivity contribution is 6.33. The van der Waals surface area contributed by atoms with Crippen LogP contribution in [0.15, 0.2) is 36.4 Å². The number of ether oxygens (including phenoxy) is 1. The second-order valence-corrected chi connectivity index (χ2v) is 10.8. The molecular formula is C27H31ClN2O3. The molecule has 1 spiro atoms. The fourth-order valence-corrected chi connectivity index (χ4v) is 7.06. The molecular weight excluding hydrogens is 436 g/mol. The van der Waals surface area contributed by atoms with Gasteiger partial charge >= 0.3 is 6.09 Å². The summed E-state index contributed by atoms with van der Waals surface area (Å²) in [4.78, 5) is 17.1. The number of carbonyl (C=O) groups is 1. The molecule has 174 valence electrons. The number of aryl methyl sites for hydroxylation is 1. The zero-order valence-electron chi connectivity index (χ0n) is 19.1. The van der Waals surface area contributed by atoms with Gasteiger partial charge in [0.15, 0.2) is 0 Å². The Bertz CT molecular complexity index is 1090. The predicted octanol–water partition coefficient (Wildman–Crippen LogP) is 5.86. The Morgan fingerprint density at radius 2 is 1.94 bits per heavy atom. The van der Waals surface area contributed by atoms with E-state index in [1.54, 1.807) is 7.11 Å². The molecule has 2 aromatic carbocycles. The topological polar surface area (TPSA) is 53.0 Å². The molecule has 2 atom stereocenters. The maximum Gasteiger partial charge on any atom is 0.408 e. The summed E-state index contributed by atoms with van der Waals surface area (Å²) >= 11 is 6.57. The lowest BCUT2D eigenvalue weighted by atomic mass is 9.73. The van der Waals surface area contributed by atoms with Crippen molar-refractivity contribution in [3.8, 4) is 16.9 Å². The number of methoxy groups -OCH3 is 1. The Labute approximate surface area is 200 Å². The molecule has 2 aliphatic carbocycles. The smallest absolute Gasteiger partial charge is 0.408 e. The molecule has 2 bridgehead atoms. The first-order chi connectivity index (χ1) is 16.0. The largest absolute Gasteiger partial charge is 0.497 e. The van der Waals surface area contributed by atoms with Crippen molar-refractivity contribution < 1.29 is 14.6 Å². The average Bonchev–Trinajstić information content (AvgIpc) is 3.61. The molecule has 0 aromatic heterocycles. The Morgan fingerprint density at radius 1 is 1.15 bits per heavy atom. The van der Waals surface area contributed by atoms with Gasteiger partial charge in [0.2, 0.25) is 0 Å². The third-order valence-electron chi connectivity index (χ3n) is 8.77. The first-order valence-electron chi connectivity index (χ1n) is 12.2. The van der Waals surface area contributed by atoms with E-state index in [2.05, 4.69) is 23.1 Å². The first-order valence-corrected chi connectivity index (χ1v) is 12.6. The number of nitrogens with zero attached hydrogens (tertiary/aromatic N) is 2. The predicted molar refractivity (Wildman–Crippen MR) is 129 cm³/mol. The minimum Gasteiger partial charge on any atom is -0.497 e. The molecule has 4 fully saturated rings. The highest BCUT2D eigenvalue weighted by Crippen LogP contribution is 2.64. The molecule has 3 heterocycles. The molecule has 2 aromatic rings. The van der Waals surface area contributed by atoms with Crippen LogP contribution in [0.2, 0.25) is 5.02 Å². The normalized spacial score (nSPS) is 28.9. The van der Waals surface area contributed by atoms with Crippen LogP contribution in [0.5, 0.6) is 5.75 Å². The lowest BCUT2D eigenvalue weighted by Gasteiger charge is -2.52. The van der Waals surface area contributed by atoms with Gasteiger partial charge in [-0.05, 0) is 97.8 Å². The number of amides is 1. The SMILES string of the molecule is COc1ccc(-c2ccc3c(c2)CCC2(CC2)C3N(C(=O)O)[C@@H]2CN3CCC2CC3)c(Cl)c1. The molecule has 3 aliphatic heterocycles. The van der Waals surface area contributed by atoms with Crippen molar-refractivity contribution in [2.45, 2.75) is 50.6 Å². The monoisotopic (exact) mass is 466 g/mol. The van der Waals surface area contributed by atoms with Crippen LogP contribution in [0, 0.1) is 11.3 Å². The number of hydrogen-bond acceptors (Lipinski definition) is 3. The Hall–Kier alpha value is -2.24. The van der Waals surface area contributed by atoms with Gasteiger partial charge in [-0.15, -0.1) is 0 Å². The molecule has 6 heteroatoms. The van der Waals surface area contributed by atoms with E-state index in [9.17, 15) is 9.90 Å². The summed E-state index contributed by atoms with van der Waals surface area (Å²) in [6, 6.07) is 12.4. The summed E-state index contributed by atoms with van der Waals surface area (Å²) in [5.41, 5.74) is 4.67.